The van der Waals surface area contributed by atoms with Gasteiger partial charge in [0.1, 0.15) is 0 Å². The second-order valence-corrected chi connectivity index (χ2v) is 2.66. The zero-order valence-corrected chi connectivity index (χ0v) is 6.35. The molecule has 0 heterocycles. The Morgan fingerprint density at radius 2 is 2.33 bits per heavy atom. The van der Waals surface area contributed by atoms with Crippen molar-refractivity contribution < 1.29 is 13.5 Å². The smallest absolute Gasteiger partial charge is 0.234 e. The highest BCUT2D eigenvalue weighted by molar-refractivity contribution is 7.76. The molecule has 0 aromatic heterocycles. The molecule has 1 N–H and O–H groups in total. The van der Waals surface area contributed by atoms with Crippen molar-refractivity contribution in [2.75, 3.05) is 27.3 Å². The van der Waals surface area contributed by atoms with Gasteiger partial charge in [0.15, 0.2) is 0 Å². The van der Waals surface area contributed by atoms with Crippen LogP contribution in [-0.2, 0) is 16.0 Å². The SMILES string of the molecule is COCCN(C)S(=O)O. The third-order valence-corrected chi connectivity index (χ3v) is 1.59. The average Bonchev–Trinajstić information content (AvgIpc) is 1.82. The molecule has 0 amide bonds. The molecule has 0 saturated carbocycles. The summed E-state index contributed by atoms with van der Waals surface area (Å²) >= 11 is -1.86. The molecule has 1 unspecified atom stereocenters. The van der Waals surface area contributed by atoms with Crippen LogP contribution in [0, 0.1) is 0 Å². The highest BCUT2D eigenvalue weighted by Crippen LogP contribution is 1.84. The van der Waals surface area contributed by atoms with E-state index in [1.54, 1.807) is 14.2 Å². The van der Waals surface area contributed by atoms with E-state index in [9.17, 15) is 4.21 Å². The number of hydrogen-bond acceptors (Lipinski definition) is 2. The van der Waals surface area contributed by atoms with E-state index < -0.39 is 11.3 Å². The van der Waals surface area contributed by atoms with E-state index in [2.05, 4.69) is 4.74 Å². The van der Waals surface area contributed by atoms with Crippen LogP contribution in [0.1, 0.15) is 0 Å². The number of methoxy groups -OCH3 is 1. The monoisotopic (exact) mass is 153 g/mol. The van der Waals surface area contributed by atoms with Crippen LogP contribution in [0.15, 0.2) is 0 Å². The maximum Gasteiger partial charge on any atom is 0.234 e. The van der Waals surface area contributed by atoms with Crippen LogP contribution in [0.5, 0.6) is 0 Å². The molecule has 56 valence electrons. The minimum atomic E-state index is -1.86. The number of nitrogens with zero attached hydrogens (tertiary/aromatic N) is 1. The van der Waals surface area contributed by atoms with Gasteiger partial charge in [-0.1, -0.05) is 0 Å². The Morgan fingerprint density at radius 3 is 2.67 bits per heavy atom. The molecular weight excluding hydrogens is 142 g/mol. The molecule has 0 radical (unpaired) electrons. The number of likely N-dealkylation sites (N-methyl/N-ethyl adjacent to an activating group) is 1. The molecule has 0 aliphatic rings. The van der Waals surface area contributed by atoms with Gasteiger partial charge in [-0.2, -0.15) is 0 Å². The van der Waals surface area contributed by atoms with Crippen molar-refractivity contribution in [3.05, 3.63) is 0 Å². The molecule has 0 fully saturated rings. The Hall–Kier alpha value is 0.0300. The van der Waals surface area contributed by atoms with E-state index >= 15 is 0 Å². The topological polar surface area (TPSA) is 49.8 Å². The molecule has 9 heavy (non-hydrogen) atoms. The Balaban J connectivity index is 3.27. The van der Waals surface area contributed by atoms with Gasteiger partial charge in [-0.25, -0.2) is 8.51 Å². The quantitative estimate of drug-likeness (QED) is 0.564. The van der Waals surface area contributed by atoms with E-state index in [0.29, 0.717) is 13.2 Å². The molecule has 0 aliphatic heterocycles. The van der Waals surface area contributed by atoms with Gasteiger partial charge in [0.2, 0.25) is 11.3 Å². The summed E-state index contributed by atoms with van der Waals surface area (Å²) < 4.78 is 24.5. The minimum absolute atomic E-state index is 0.472. The van der Waals surface area contributed by atoms with Crippen LogP contribution in [-0.4, -0.2) is 40.4 Å². The number of rotatable bonds is 4. The average molecular weight is 153 g/mol. The molecule has 5 heteroatoms. The first-order chi connectivity index (χ1) is 4.18. The summed E-state index contributed by atoms with van der Waals surface area (Å²) in [6.07, 6.45) is 0. The maximum atomic E-state index is 10.2. The van der Waals surface area contributed by atoms with Crippen molar-refractivity contribution in [2.45, 2.75) is 0 Å². The molecule has 4 nitrogen and oxygen atoms in total. The predicted octanol–water partition coefficient (Wildman–Crippen LogP) is -0.299. The Morgan fingerprint density at radius 1 is 1.78 bits per heavy atom. The van der Waals surface area contributed by atoms with Crippen molar-refractivity contribution >= 4 is 11.3 Å². The van der Waals surface area contributed by atoms with Crippen LogP contribution in [0.2, 0.25) is 0 Å². The Kier molecular flexibility index (Phi) is 4.88. The van der Waals surface area contributed by atoms with Crippen LogP contribution in [0.25, 0.3) is 0 Å². The minimum Gasteiger partial charge on any atom is -0.383 e. The van der Waals surface area contributed by atoms with Crippen molar-refractivity contribution in [3.8, 4) is 0 Å². The van der Waals surface area contributed by atoms with Gasteiger partial charge in [0.05, 0.1) is 6.61 Å². The van der Waals surface area contributed by atoms with E-state index in [1.165, 1.54) is 4.31 Å². The molecule has 0 aromatic carbocycles. The van der Waals surface area contributed by atoms with E-state index in [0.717, 1.165) is 0 Å². The Labute approximate surface area is 57.2 Å². The zero-order valence-electron chi connectivity index (χ0n) is 5.53. The van der Waals surface area contributed by atoms with E-state index in [-0.39, 0.29) is 0 Å². The first kappa shape index (κ1) is 9.03. The lowest BCUT2D eigenvalue weighted by molar-refractivity contribution is 0.184. The summed E-state index contributed by atoms with van der Waals surface area (Å²) in [5.74, 6) is 0. The third-order valence-electron chi connectivity index (χ3n) is 0.877. The Bertz CT molecular complexity index is 97.8. The van der Waals surface area contributed by atoms with E-state index in [1.807, 2.05) is 0 Å². The van der Waals surface area contributed by atoms with Gasteiger partial charge >= 0.3 is 0 Å². The lowest BCUT2D eigenvalue weighted by Crippen LogP contribution is -2.24. The van der Waals surface area contributed by atoms with Crippen molar-refractivity contribution in [1.82, 2.24) is 4.31 Å². The number of hydrogen-bond donors (Lipinski definition) is 1. The fraction of sp³-hybridized carbons (Fsp3) is 1.00. The second kappa shape index (κ2) is 4.87. The summed E-state index contributed by atoms with van der Waals surface area (Å²) in [5.41, 5.74) is 0. The summed E-state index contributed by atoms with van der Waals surface area (Å²) in [7, 11) is 3.10. The van der Waals surface area contributed by atoms with Gasteiger partial charge in [-0.15, -0.1) is 0 Å². The molecule has 0 aliphatic carbocycles. The number of ether oxygens (including phenoxy) is 1. The van der Waals surface area contributed by atoms with Gasteiger partial charge in [-0.05, 0) is 0 Å². The first-order valence-electron chi connectivity index (χ1n) is 2.49. The molecule has 0 aromatic rings. The summed E-state index contributed by atoms with van der Waals surface area (Å²) in [6, 6.07) is 0. The lowest BCUT2D eigenvalue weighted by Gasteiger charge is -2.08. The summed E-state index contributed by atoms with van der Waals surface area (Å²) in [4.78, 5) is 0. The summed E-state index contributed by atoms with van der Waals surface area (Å²) in [6.45, 7) is 0.947. The molecule has 0 saturated heterocycles. The van der Waals surface area contributed by atoms with Gasteiger partial charge in [-0.3, -0.25) is 4.55 Å². The van der Waals surface area contributed by atoms with Gasteiger partial charge in [0, 0.05) is 20.7 Å². The highest BCUT2D eigenvalue weighted by atomic mass is 32.2. The van der Waals surface area contributed by atoms with Gasteiger partial charge < -0.3 is 4.74 Å². The van der Waals surface area contributed by atoms with Crippen LogP contribution in [0.4, 0.5) is 0 Å². The molecular formula is C4H11NO3S. The zero-order chi connectivity index (χ0) is 7.28. The van der Waals surface area contributed by atoms with Crippen LogP contribution in [0.3, 0.4) is 0 Å². The molecule has 0 bridgehead atoms. The van der Waals surface area contributed by atoms with Crippen molar-refractivity contribution in [3.63, 3.8) is 0 Å². The lowest BCUT2D eigenvalue weighted by atomic mass is 10.7. The third kappa shape index (κ3) is 4.53. The van der Waals surface area contributed by atoms with Crippen molar-refractivity contribution in [1.29, 1.82) is 0 Å². The molecule has 0 spiro atoms. The molecule has 0 rings (SSSR count). The predicted molar refractivity (Wildman–Crippen MR) is 35.3 cm³/mol. The largest absolute Gasteiger partial charge is 0.383 e. The van der Waals surface area contributed by atoms with E-state index in [4.69, 9.17) is 4.55 Å². The standard InChI is InChI=1S/C4H11NO3S/c1-5(9(6)7)3-4-8-2/h3-4H2,1-2H3,(H,6,7). The van der Waals surface area contributed by atoms with Crippen LogP contribution >= 0.6 is 0 Å². The second-order valence-electron chi connectivity index (χ2n) is 1.58. The summed E-state index contributed by atoms with van der Waals surface area (Å²) in [5, 5.41) is 0. The molecule has 1 atom stereocenters. The normalized spacial score (nSPS) is 14.2. The highest BCUT2D eigenvalue weighted by Gasteiger charge is 2.00. The maximum absolute atomic E-state index is 10.2. The first-order valence-corrected chi connectivity index (χ1v) is 3.56. The van der Waals surface area contributed by atoms with Gasteiger partial charge in [0.25, 0.3) is 0 Å². The fourth-order valence-corrected chi connectivity index (χ4v) is 0.529. The fourth-order valence-electron chi connectivity index (χ4n) is 0.298. The van der Waals surface area contributed by atoms with Crippen molar-refractivity contribution in [2.24, 2.45) is 0 Å². The van der Waals surface area contributed by atoms with Crippen LogP contribution < -0.4 is 0 Å².